The van der Waals surface area contributed by atoms with Crippen LogP contribution in [0.2, 0.25) is 0 Å². The van der Waals surface area contributed by atoms with Gasteiger partial charge in [0.2, 0.25) is 5.91 Å². The zero-order valence-electron chi connectivity index (χ0n) is 16.1. The fraction of sp³-hybridized carbons (Fsp3) is 0.318. The minimum Gasteiger partial charge on any atom is -0.452 e. The zero-order valence-corrected chi connectivity index (χ0v) is 16.1. The Kier molecular flexibility index (Phi) is 6.09. The van der Waals surface area contributed by atoms with Gasteiger partial charge in [0.15, 0.2) is 6.10 Å². The molecule has 6 heteroatoms. The lowest BCUT2D eigenvalue weighted by Gasteiger charge is -2.31. The summed E-state index contributed by atoms with van der Waals surface area (Å²) in [6, 6.07) is 14.8. The van der Waals surface area contributed by atoms with Crippen LogP contribution in [0.15, 0.2) is 48.5 Å². The van der Waals surface area contributed by atoms with Crippen molar-refractivity contribution in [3.8, 4) is 0 Å². The molecule has 6 nitrogen and oxygen atoms in total. The summed E-state index contributed by atoms with van der Waals surface area (Å²) < 4.78 is 5.38. The van der Waals surface area contributed by atoms with Crippen LogP contribution in [0.5, 0.6) is 0 Å². The Hall–Kier alpha value is -3.15. The first-order chi connectivity index (χ1) is 13.4. The maximum absolute atomic E-state index is 12.8. The SMILES string of the molecule is CC(=O)Nc1ccc(CC(=O)O[C@@H](C)C(=O)N2CCCc3ccccc32)cc1. The summed E-state index contributed by atoms with van der Waals surface area (Å²) in [5.41, 5.74) is 3.45. The summed E-state index contributed by atoms with van der Waals surface area (Å²) in [6.45, 7) is 3.67. The molecule has 0 spiro atoms. The second kappa shape index (κ2) is 8.69. The van der Waals surface area contributed by atoms with Crippen molar-refractivity contribution in [3.05, 3.63) is 59.7 Å². The number of ether oxygens (including phenoxy) is 1. The Bertz CT molecular complexity index is 876. The number of fused-ring (bicyclic) bond motifs is 1. The van der Waals surface area contributed by atoms with Crippen LogP contribution in [0, 0.1) is 0 Å². The molecule has 0 bridgehead atoms. The molecule has 1 N–H and O–H groups in total. The number of rotatable bonds is 5. The Morgan fingerprint density at radius 2 is 1.82 bits per heavy atom. The predicted molar refractivity (Wildman–Crippen MR) is 107 cm³/mol. The van der Waals surface area contributed by atoms with Gasteiger partial charge in [0.05, 0.1) is 6.42 Å². The lowest BCUT2D eigenvalue weighted by molar-refractivity contribution is -0.153. The molecule has 2 amide bonds. The normalized spacial score (nSPS) is 14.0. The van der Waals surface area contributed by atoms with E-state index in [4.69, 9.17) is 4.74 Å². The molecule has 1 aliphatic heterocycles. The van der Waals surface area contributed by atoms with Gasteiger partial charge >= 0.3 is 5.97 Å². The van der Waals surface area contributed by atoms with Gasteiger partial charge in [0.25, 0.3) is 5.91 Å². The molecular formula is C22H24N2O4. The highest BCUT2D eigenvalue weighted by atomic mass is 16.5. The van der Waals surface area contributed by atoms with Gasteiger partial charge in [-0.3, -0.25) is 14.4 Å². The number of benzene rings is 2. The molecule has 1 atom stereocenters. The quantitative estimate of drug-likeness (QED) is 0.809. The van der Waals surface area contributed by atoms with E-state index in [9.17, 15) is 14.4 Å². The van der Waals surface area contributed by atoms with E-state index in [-0.39, 0.29) is 18.2 Å². The Balaban J connectivity index is 1.58. The summed E-state index contributed by atoms with van der Waals surface area (Å²) in [7, 11) is 0. The average molecular weight is 380 g/mol. The monoisotopic (exact) mass is 380 g/mol. The number of para-hydroxylation sites is 1. The molecule has 1 aliphatic rings. The number of anilines is 2. The first-order valence-corrected chi connectivity index (χ1v) is 9.39. The minimum absolute atomic E-state index is 0.0640. The molecule has 3 rings (SSSR count). The lowest BCUT2D eigenvalue weighted by atomic mass is 10.0. The van der Waals surface area contributed by atoms with Crippen LogP contribution in [0.4, 0.5) is 11.4 Å². The molecule has 0 radical (unpaired) electrons. The number of aryl methyl sites for hydroxylation is 1. The highest BCUT2D eigenvalue weighted by molar-refractivity contribution is 5.98. The van der Waals surface area contributed by atoms with Crippen LogP contribution in [0.1, 0.15) is 31.4 Å². The van der Waals surface area contributed by atoms with E-state index in [0.29, 0.717) is 12.2 Å². The van der Waals surface area contributed by atoms with Crippen LogP contribution in [-0.2, 0) is 32.0 Å². The number of esters is 1. The fourth-order valence-electron chi connectivity index (χ4n) is 3.35. The van der Waals surface area contributed by atoms with Gasteiger partial charge < -0.3 is 15.0 Å². The van der Waals surface area contributed by atoms with Crippen molar-refractivity contribution in [1.82, 2.24) is 0 Å². The fourth-order valence-corrected chi connectivity index (χ4v) is 3.35. The van der Waals surface area contributed by atoms with Gasteiger partial charge in [0, 0.05) is 24.8 Å². The molecule has 146 valence electrons. The van der Waals surface area contributed by atoms with Crippen molar-refractivity contribution >= 4 is 29.2 Å². The first kappa shape index (κ1) is 19.6. The largest absolute Gasteiger partial charge is 0.452 e. The van der Waals surface area contributed by atoms with Crippen molar-refractivity contribution in [2.24, 2.45) is 0 Å². The van der Waals surface area contributed by atoms with Gasteiger partial charge in [-0.2, -0.15) is 0 Å². The van der Waals surface area contributed by atoms with E-state index in [2.05, 4.69) is 5.32 Å². The third-order valence-electron chi connectivity index (χ3n) is 4.66. The van der Waals surface area contributed by atoms with Crippen LogP contribution >= 0.6 is 0 Å². The first-order valence-electron chi connectivity index (χ1n) is 9.39. The average Bonchev–Trinajstić information content (AvgIpc) is 2.68. The Morgan fingerprint density at radius 3 is 2.54 bits per heavy atom. The number of hydrogen-bond donors (Lipinski definition) is 1. The summed E-state index contributed by atoms with van der Waals surface area (Å²) >= 11 is 0. The van der Waals surface area contributed by atoms with Gasteiger partial charge in [-0.15, -0.1) is 0 Å². The van der Waals surface area contributed by atoms with Crippen LogP contribution in [-0.4, -0.2) is 30.4 Å². The number of amides is 2. The summed E-state index contributed by atoms with van der Waals surface area (Å²) in [6.07, 6.45) is 1.05. The number of carbonyl (C=O) groups is 3. The standard InChI is InChI=1S/C22H24N2O4/c1-15(22(27)24-13-5-7-18-6-3-4-8-20(18)24)28-21(26)14-17-9-11-19(12-10-17)23-16(2)25/h3-4,6,8-12,15H,5,7,13-14H2,1-2H3,(H,23,25)/t15-/m0/s1. The molecule has 0 aromatic heterocycles. The van der Waals surface area contributed by atoms with Crippen molar-refractivity contribution in [2.45, 2.75) is 39.2 Å². The van der Waals surface area contributed by atoms with E-state index in [1.165, 1.54) is 6.92 Å². The summed E-state index contributed by atoms with van der Waals surface area (Å²) in [5, 5.41) is 2.67. The summed E-state index contributed by atoms with van der Waals surface area (Å²) in [4.78, 5) is 37.8. The molecule has 0 aliphatic carbocycles. The van der Waals surface area contributed by atoms with Crippen LogP contribution < -0.4 is 10.2 Å². The second-order valence-electron chi connectivity index (χ2n) is 6.91. The van der Waals surface area contributed by atoms with E-state index in [1.54, 1.807) is 36.1 Å². The zero-order chi connectivity index (χ0) is 20.1. The molecule has 0 saturated heterocycles. The Labute approximate surface area is 164 Å². The number of nitrogens with zero attached hydrogens (tertiary/aromatic N) is 1. The van der Waals surface area contributed by atoms with E-state index in [0.717, 1.165) is 29.7 Å². The highest BCUT2D eigenvalue weighted by Crippen LogP contribution is 2.27. The molecule has 2 aromatic carbocycles. The topological polar surface area (TPSA) is 75.7 Å². The summed E-state index contributed by atoms with van der Waals surface area (Å²) in [5.74, 6) is -0.821. The van der Waals surface area contributed by atoms with E-state index < -0.39 is 12.1 Å². The van der Waals surface area contributed by atoms with E-state index in [1.807, 2.05) is 24.3 Å². The third-order valence-corrected chi connectivity index (χ3v) is 4.66. The molecular weight excluding hydrogens is 356 g/mol. The van der Waals surface area contributed by atoms with Crippen molar-refractivity contribution < 1.29 is 19.1 Å². The van der Waals surface area contributed by atoms with E-state index >= 15 is 0 Å². The highest BCUT2D eigenvalue weighted by Gasteiger charge is 2.28. The van der Waals surface area contributed by atoms with Crippen LogP contribution in [0.25, 0.3) is 0 Å². The molecule has 0 unspecified atom stereocenters. The minimum atomic E-state index is -0.850. The molecule has 0 fully saturated rings. The number of nitrogens with one attached hydrogen (secondary N) is 1. The molecule has 1 heterocycles. The number of carbonyl (C=O) groups excluding carboxylic acids is 3. The van der Waals surface area contributed by atoms with Gasteiger partial charge in [0.1, 0.15) is 0 Å². The Morgan fingerprint density at radius 1 is 1.11 bits per heavy atom. The second-order valence-corrected chi connectivity index (χ2v) is 6.91. The van der Waals surface area contributed by atoms with Crippen molar-refractivity contribution in [3.63, 3.8) is 0 Å². The third kappa shape index (κ3) is 4.76. The van der Waals surface area contributed by atoms with Crippen LogP contribution in [0.3, 0.4) is 0 Å². The number of hydrogen-bond acceptors (Lipinski definition) is 4. The van der Waals surface area contributed by atoms with Gasteiger partial charge in [-0.1, -0.05) is 30.3 Å². The lowest BCUT2D eigenvalue weighted by Crippen LogP contribution is -2.42. The van der Waals surface area contributed by atoms with Gasteiger partial charge in [-0.25, -0.2) is 0 Å². The maximum atomic E-state index is 12.8. The maximum Gasteiger partial charge on any atom is 0.311 e. The smallest absolute Gasteiger partial charge is 0.311 e. The predicted octanol–water partition coefficient (Wildman–Crippen LogP) is 3.10. The van der Waals surface area contributed by atoms with Gasteiger partial charge in [-0.05, 0) is 49.1 Å². The molecule has 2 aromatic rings. The molecule has 28 heavy (non-hydrogen) atoms. The molecule has 0 saturated carbocycles. The van der Waals surface area contributed by atoms with Crippen molar-refractivity contribution in [1.29, 1.82) is 0 Å². The van der Waals surface area contributed by atoms with Crippen molar-refractivity contribution in [2.75, 3.05) is 16.8 Å².